The summed E-state index contributed by atoms with van der Waals surface area (Å²) in [6.45, 7) is 4.94. The van der Waals surface area contributed by atoms with Gasteiger partial charge in [0.05, 0.1) is 0 Å². The molecule has 5 nitrogen and oxygen atoms in total. The van der Waals surface area contributed by atoms with Gasteiger partial charge in [-0.3, -0.25) is 9.59 Å². The van der Waals surface area contributed by atoms with E-state index in [0.29, 0.717) is 0 Å². The molecule has 5 heteroatoms. The molecule has 0 aromatic heterocycles. The van der Waals surface area contributed by atoms with E-state index in [9.17, 15) is 14.4 Å². The summed E-state index contributed by atoms with van der Waals surface area (Å²) in [6.07, 6.45) is 0. The number of carbonyl (C=O) groups is 3. The Morgan fingerprint density at radius 3 is 2.19 bits per heavy atom. The first kappa shape index (κ1) is 16.9. The lowest BCUT2D eigenvalue weighted by molar-refractivity contribution is -0.158. The predicted octanol–water partition coefficient (Wildman–Crippen LogP) is 1.80. The van der Waals surface area contributed by atoms with Crippen molar-refractivity contribution in [2.45, 2.75) is 33.4 Å². The van der Waals surface area contributed by atoms with Crippen molar-refractivity contribution >= 4 is 17.7 Å². The molecule has 0 N–H and O–H groups in total. The van der Waals surface area contributed by atoms with Gasteiger partial charge in [-0.1, -0.05) is 44.2 Å². The maximum absolute atomic E-state index is 12.2. The van der Waals surface area contributed by atoms with Crippen LogP contribution in [0.15, 0.2) is 30.3 Å². The lowest BCUT2D eigenvalue weighted by atomic mass is 10.0. The Kier molecular flexibility index (Phi) is 6.09. The van der Waals surface area contributed by atoms with Crippen LogP contribution in [-0.2, 0) is 25.7 Å². The van der Waals surface area contributed by atoms with Crippen molar-refractivity contribution < 1.29 is 19.1 Å². The monoisotopic (exact) mass is 291 g/mol. The number of hydrogen-bond acceptors (Lipinski definition) is 4. The number of nitrogens with zero attached hydrogens (tertiary/aromatic N) is 1. The molecule has 0 aliphatic rings. The van der Waals surface area contributed by atoms with Crippen molar-refractivity contribution in [2.24, 2.45) is 5.92 Å². The molecule has 1 aromatic rings. The van der Waals surface area contributed by atoms with Gasteiger partial charge in [-0.25, -0.2) is 4.79 Å². The molecule has 1 atom stereocenters. The van der Waals surface area contributed by atoms with Gasteiger partial charge in [0.2, 0.25) is 5.78 Å². The fourth-order valence-corrected chi connectivity index (χ4v) is 2.07. The Hall–Kier alpha value is -2.17. The Labute approximate surface area is 124 Å². The fourth-order valence-electron chi connectivity index (χ4n) is 2.07. The van der Waals surface area contributed by atoms with E-state index in [0.717, 1.165) is 10.5 Å². The third kappa shape index (κ3) is 4.70. The number of ether oxygens (including phenoxy) is 1. The third-order valence-electron chi connectivity index (χ3n) is 3.14. The molecule has 0 heterocycles. The van der Waals surface area contributed by atoms with E-state index in [-0.39, 0.29) is 12.5 Å². The zero-order valence-corrected chi connectivity index (χ0v) is 12.8. The van der Waals surface area contributed by atoms with Gasteiger partial charge >= 0.3 is 5.97 Å². The van der Waals surface area contributed by atoms with Crippen molar-refractivity contribution in [2.75, 3.05) is 7.05 Å². The molecular weight excluding hydrogens is 270 g/mol. The number of benzene rings is 1. The molecule has 0 radical (unpaired) electrons. The smallest absolute Gasteiger partial charge is 0.329 e. The molecule has 114 valence electrons. The maximum atomic E-state index is 12.2. The van der Waals surface area contributed by atoms with Crippen LogP contribution in [0, 0.1) is 5.92 Å². The van der Waals surface area contributed by atoms with Crippen LogP contribution in [0.5, 0.6) is 0 Å². The first-order valence-electron chi connectivity index (χ1n) is 6.83. The Morgan fingerprint density at radius 2 is 1.71 bits per heavy atom. The molecule has 0 aliphatic heterocycles. The Balaban J connectivity index is 2.74. The van der Waals surface area contributed by atoms with Crippen molar-refractivity contribution in [1.29, 1.82) is 0 Å². The number of esters is 1. The zero-order valence-electron chi connectivity index (χ0n) is 12.8. The summed E-state index contributed by atoms with van der Waals surface area (Å²) in [5, 5.41) is 0. The number of ketones is 1. The number of carbonyl (C=O) groups excluding carboxylic acids is 3. The van der Waals surface area contributed by atoms with Crippen LogP contribution in [0.3, 0.4) is 0 Å². The highest BCUT2D eigenvalue weighted by molar-refractivity contribution is 6.35. The lowest BCUT2D eigenvalue weighted by Crippen LogP contribution is -2.48. The van der Waals surface area contributed by atoms with E-state index in [2.05, 4.69) is 0 Å². The van der Waals surface area contributed by atoms with Crippen LogP contribution in [0.4, 0.5) is 0 Å². The number of rotatable bonds is 6. The van der Waals surface area contributed by atoms with Crippen molar-refractivity contribution in [3.05, 3.63) is 35.9 Å². The second kappa shape index (κ2) is 7.57. The molecule has 0 fully saturated rings. The van der Waals surface area contributed by atoms with Gasteiger partial charge in [0.25, 0.3) is 5.91 Å². The molecule has 0 unspecified atom stereocenters. The third-order valence-corrected chi connectivity index (χ3v) is 3.14. The number of amides is 1. The first-order chi connectivity index (χ1) is 9.84. The van der Waals surface area contributed by atoms with E-state index in [1.54, 1.807) is 13.8 Å². The molecule has 21 heavy (non-hydrogen) atoms. The average Bonchev–Trinajstić information content (AvgIpc) is 2.44. The molecular formula is C16H21NO4. The highest BCUT2D eigenvalue weighted by atomic mass is 16.5. The predicted molar refractivity (Wildman–Crippen MR) is 78.3 cm³/mol. The molecule has 0 aliphatic carbocycles. The van der Waals surface area contributed by atoms with Gasteiger partial charge < -0.3 is 9.64 Å². The van der Waals surface area contributed by atoms with Gasteiger partial charge in [-0.2, -0.15) is 0 Å². The minimum absolute atomic E-state index is 0.144. The highest BCUT2D eigenvalue weighted by Crippen LogP contribution is 2.13. The van der Waals surface area contributed by atoms with Crippen molar-refractivity contribution in [3.8, 4) is 0 Å². The Bertz CT molecular complexity index is 510. The summed E-state index contributed by atoms with van der Waals surface area (Å²) in [7, 11) is 1.44. The quantitative estimate of drug-likeness (QED) is 0.592. The van der Waals surface area contributed by atoms with Crippen LogP contribution in [-0.4, -0.2) is 35.6 Å². The van der Waals surface area contributed by atoms with E-state index >= 15 is 0 Å². The maximum Gasteiger partial charge on any atom is 0.329 e. The number of Topliss-reactive ketones (excluding diaryl/α,β-unsaturated/α-hetero) is 1. The van der Waals surface area contributed by atoms with E-state index in [1.807, 2.05) is 30.3 Å². The highest BCUT2D eigenvalue weighted by Gasteiger charge is 2.32. The molecule has 1 rings (SSSR count). The summed E-state index contributed by atoms with van der Waals surface area (Å²) in [5.74, 6) is -1.95. The summed E-state index contributed by atoms with van der Waals surface area (Å²) in [4.78, 5) is 36.3. The molecule has 0 saturated carbocycles. The Morgan fingerprint density at radius 1 is 1.14 bits per heavy atom. The number of hydrogen-bond donors (Lipinski definition) is 0. The first-order valence-corrected chi connectivity index (χ1v) is 6.83. The van der Waals surface area contributed by atoms with Gasteiger partial charge in [0, 0.05) is 14.0 Å². The lowest BCUT2D eigenvalue weighted by Gasteiger charge is -2.28. The molecule has 1 amide bonds. The van der Waals surface area contributed by atoms with Crippen molar-refractivity contribution in [3.63, 3.8) is 0 Å². The molecule has 0 bridgehead atoms. The van der Waals surface area contributed by atoms with Crippen LogP contribution < -0.4 is 0 Å². The number of likely N-dealkylation sites (N-methyl/N-ethyl adjacent to an activating group) is 1. The SMILES string of the molecule is CC(=O)C(=O)N(C)[C@H](C(=O)OCc1ccccc1)C(C)C. The topological polar surface area (TPSA) is 63.7 Å². The van der Waals surface area contributed by atoms with Crippen LogP contribution >= 0.6 is 0 Å². The summed E-state index contributed by atoms with van der Waals surface area (Å²) >= 11 is 0. The molecule has 1 aromatic carbocycles. The second-order valence-electron chi connectivity index (χ2n) is 5.25. The normalized spacial score (nSPS) is 11.9. The summed E-state index contributed by atoms with van der Waals surface area (Å²) in [5.41, 5.74) is 0.869. The van der Waals surface area contributed by atoms with Gasteiger partial charge in [-0.15, -0.1) is 0 Å². The van der Waals surface area contributed by atoms with Crippen LogP contribution in [0.1, 0.15) is 26.3 Å². The van der Waals surface area contributed by atoms with Crippen LogP contribution in [0.2, 0.25) is 0 Å². The largest absolute Gasteiger partial charge is 0.459 e. The van der Waals surface area contributed by atoms with Gasteiger partial charge in [0.1, 0.15) is 12.6 Å². The van der Waals surface area contributed by atoms with Crippen LogP contribution in [0.25, 0.3) is 0 Å². The van der Waals surface area contributed by atoms with E-state index in [4.69, 9.17) is 4.74 Å². The summed E-state index contributed by atoms with van der Waals surface area (Å²) in [6, 6.07) is 8.51. The van der Waals surface area contributed by atoms with E-state index in [1.165, 1.54) is 14.0 Å². The second-order valence-corrected chi connectivity index (χ2v) is 5.25. The average molecular weight is 291 g/mol. The minimum Gasteiger partial charge on any atom is -0.459 e. The standard InChI is InChI=1S/C16H21NO4/c1-11(2)14(17(4)15(19)12(3)18)16(20)21-10-13-8-6-5-7-9-13/h5-9,11,14H,10H2,1-4H3/t14-/m0/s1. The summed E-state index contributed by atoms with van der Waals surface area (Å²) < 4.78 is 5.26. The van der Waals surface area contributed by atoms with Gasteiger partial charge in [0.15, 0.2) is 0 Å². The molecule has 0 saturated heterocycles. The van der Waals surface area contributed by atoms with Gasteiger partial charge in [-0.05, 0) is 11.5 Å². The minimum atomic E-state index is -0.773. The molecule has 0 spiro atoms. The van der Waals surface area contributed by atoms with E-state index < -0.39 is 23.7 Å². The fraction of sp³-hybridized carbons (Fsp3) is 0.438. The zero-order chi connectivity index (χ0) is 16.0. The van der Waals surface area contributed by atoms with Crippen molar-refractivity contribution in [1.82, 2.24) is 4.90 Å².